The van der Waals surface area contributed by atoms with Gasteiger partial charge in [-0.2, -0.15) is 0 Å². The summed E-state index contributed by atoms with van der Waals surface area (Å²) in [5.74, 6) is 0.564. The molecule has 0 amide bonds. The van der Waals surface area contributed by atoms with Crippen LogP contribution in [0.4, 0.5) is 0 Å². The quantitative estimate of drug-likeness (QED) is 0.0498. The number of hydrogen-bond donors (Lipinski definition) is 1. The zero-order valence-corrected chi connectivity index (χ0v) is 35.2. The van der Waals surface area contributed by atoms with Crippen molar-refractivity contribution in [3.63, 3.8) is 0 Å². The third-order valence-electron chi connectivity index (χ3n) is 11.6. The van der Waals surface area contributed by atoms with Gasteiger partial charge in [0.2, 0.25) is 0 Å². The van der Waals surface area contributed by atoms with Gasteiger partial charge < -0.3 is 19.5 Å². The fraction of sp³-hybridized carbons (Fsp3) is 0.957. The number of carbonyl (C=O) groups is 2. The highest BCUT2D eigenvalue weighted by Gasteiger charge is 2.43. The molecule has 0 aromatic carbocycles. The molecule has 0 spiro atoms. The molecule has 1 saturated carbocycles. The van der Waals surface area contributed by atoms with Gasteiger partial charge in [-0.3, -0.25) is 9.59 Å². The first-order valence-corrected chi connectivity index (χ1v) is 23.1. The average molecular weight is 736 g/mol. The van der Waals surface area contributed by atoms with Crippen molar-refractivity contribution in [2.45, 2.75) is 233 Å². The number of carbonyl (C=O) groups excluding carboxylic acids is 2. The van der Waals surface area contributed by atoms with Crippen LogP contribution in [0, 0.1) is 11.3 Å². The van der Waals surface area contributed by atoms with Gasteiger partial charge in [0.15, 0.2) is 0 Å². The Morgan fingerprint density at radius 1 is 0.558 bits per heavy atom. The first-order chi connectivity index (χ1) is 25.5. The molecule has 308 valence electrons. The molecule has 0 heterocycles. The SMILES string of the molecule is CCCCCCCCCOC(=O)CC1(CCCCCN(CCCO)CCCCCCCC(=O)OCC(CCCCCCC)CCCCCCC)CC1. The zero-order chi connectivity index (χ0) is 37.8. The third kappa shape index (κ3) is 30.2. The summed E-state index contributed by atoms with van der Waals surface area (Å²) in [6.45, 7) is 11.4. The average Bonchev–Trinajstić information content (AvgIpc) is 3.91. The van der Waals surface area contributed by atoms with Crippen LogP contribution in [0.3, 0.4) is 0 Å². The van der Waals surface area contributed by atoms with Crippen LogP contribution in [-0.2, 0) is 19.1 Å². The predicted octanol–water partition coefficient (Wildman–Crippen LogP) is 12.9. The number of rotatable bonds is 41. The van der Waals surface area contributed by atoms with E-state index in [4.69, 9.17) is 9.47 Å². The van der Waals surface area contributed by atoms with Gasteiger partial charge in [-0.15, -0.1) is 0 Å². The lowest BCUT2D eigenvalue weighted by Gasteiger charge is -2.22. The first-order valence-electron chi connectivity index (χ1n) is 23.1. The van der Waals surface area contributed by atoms with Crippen LogP contribution in [0.5, 0.6) is 0 Å². The van der Waals surface area contributed by atoms with E-state index in [1.807, 2.05) is 0 Å². The summed E-state index contributed by atoms with van der Waals surface area (Å²) >= 11 is 0. The topological polar surface area (TPSA) is 76.1 Å². The molecule has 0 aliphatic heterocycles. The summed E-state index contributed by atoms with van der Waals surface area (Å²) in [7, 11) is 0. The minimum Gasteiger partial charge on any atom is -0.466 e. The lowest BCUT2D eigenvalue weighted by Crippen LogP contribution is -2.28. The molecule has 0 bridgehead atoms. The van der Waals surface area contributed by atoms with Gasteiger partial charge in [0, 0.05) is 19.6 Å². The molecule has 0 radical (unpaired) electrons. The number of aliphatic hydroxyl groups excluding tert-OH is 1. The highest BCUT2D eigenvalue weighted by molar-refractivity contribution is 5.70. The molecule has 1 aliphatic rings. The molecule has 0 unspecified atom stereocenters. The Kier molecular flexibility index (Phi) is 33.4. The van der Waals surface area contributed by atoms with E-state index < -0.39 is 0 Å². The van der Waals surface area contributed by atoms with Crippen molar-refractivity contribution >= 4 is 11.9 Å². The molecule has 0 aromatic heterocycles. The largest absolute Gasteiger partial charge is 0.466 e. The van der Waals surface area contributed by atoms with Gasteiger partial charge in [-0.25, -0.2) is 0 Å². The van der Waals surface area contributed by atoms with Crippen LogP contribution in [0.1, 0.15) is 233 Å². The minimum absolute atomic E-state index is 0.00323. The maximum Gasteiger partial charge on any atom is 0.306 e. The van der Waals surface area contributed by atoms with Crippen LogP contribution in [-0.4, -0.2) is 61.4 Å². The van der Waals surface area contributed by atoms with Crippen molar-refractivity contribution in [3.05, 3.63) is 0 Å². The summed E-state index contributed by atoms with van der Waals surface area (Å²) in [4.78, 5) is 27.5. The molecule has 0 saturated heterocycles. The van der Waals surface area contributed by atoms with E-state index in [1.54, 1.807) is 0 Å². The monoisotopic (exact) mass is 736 g/mol. The van der Waals surface area contributed by atoms with Crippen molar-refractivity contribution < 1.29 is 24.2 Å². The molecular formula is C46H89NO5. The van der Waals surface area contributed by atoms with Crippen LogP contribution in [0.15, 0.2) is 0 Å². The summed E-state index contributed by atoms with van der Waals surface area (Å²) in [5.41, 5.74) is 0.230. The Balaban J connectivity index is 2.14. The molecule has 1 rings (SSSR count). The standard InChI is InChI=1S/C46H89NO5/c1-4-7-10-13-14-20-28-40-51-45(50)41-46(34-35-46)33-25-21-27-37-47(38-29-39-48)36-26-19-15-18-24-32-44(49)52-42-43(30-22-16-11-8-5-2)31-23-17-12-9-6-3/h43,48H,4-42H2,1-3H3. The lowest BCUT2D eigenvalue weighted by atomic mass is 9.94. The molecule has 1 fully saturated rings. The Morgan fingerprint density at radius 3 is 1.60 bits per heavy atom. The van der Waals surface area contributed by atoms with Gasteiger partial charge >= 0.3 is 11.9 Å². The Hall–Kier alpha value is -1.14. The van der Waals surface area contributed by atoms with E-state index in [9.17, 15) is 14.7 Å². The second kappa shape index (κ2) is 35.6. The van der Waals surface area contributed by atoms with Crippen LogP contribution in [0.2, 0.25) is 0 Å². The Morgan fingerprint density at radius 2 is 1.04 bits per heavy atom. The smallest absolute Gasteiger partial charge is 0.306 e. The van der Waals surface area contributed by atoms with Crippen molar-refractivity contribution in [2.75, 3.05) is 39.5 Å². The fourth-order valence-corrected chi connectivity index (χ4v) is 7.74. The number of aliphatic hydroxyl groups is 1. The second-order valence-corrected chi connectivity index (χ2v) is 16.7. The maximum atomic E-state index is 12.5. The predicted molar refractivity (Wildman–Crippen MR) is 221 cm³/mol. The van der Waals surface area contributed by atoms with Crippen LogP contribution >= 0.6 is 0 Å². The summed E-state index contributed by atoms with van der Waals surface area (Å²) in [5, 5.41) is 9.43. The first kappa shape index (κ1) is 48.9. The normalized spacial score (nSPS) is 13.7. The van der Waals surface area contributed by atoms with Gasteiger partial charge in [-0.1, -0.05) is 156 Å². The highest BCUT2D eigenvalue weighted by Crippen LogP contribution is 2.53. The molecule has 6 heteroatoms. The lowest BCUT2D eigenvalue weighted by molar-refractivity contribution is -0.146. The molecule has 0 aromatic rings. The summed E-state index contributed by atoms with van der Waals surface area (Å²) in [6, 6.07) is 0. The molecule has 52 heavy (non-hydrogen) atoms. The Bertz CT molecular complexity index is 786. The molecule has 0 atom stereocenters. The number of nitrogens with zero attached hydrogens (tertiary/aromatic N) is 1. The molecule has 1 aliphatic carbocycles. The van der Waals surface area contributed by atoms with Crippen molar-refractivity contribution in [1.29, 1.82) is 0 Å². The van der Waals surface area contributed by atoms with Gasteiger partial charge in [0.1, 0.15) is 0 Å². The van der Waals surface area contributed by atoms with Gasteiger partial charge in [0.25, 0.3) is 0 Å². The van der Waals surface area contributed by atoms with Crippen molar-refractivity contribution in [3.8, 4) is 0 Å². The van der Waals surface area contributed by atoms with Gasteiger partial charge in [0.05, 0.1) is 19.6 Å². The number of ether oxygens (including phenoxy) is 2. The zero-order valence-electron chi connectivity index (χ0n) is 35.2. The number of esters is 2. The molecular weight excluding hydrogens is 647 g/mol. The number of unbranched alkanes of at least 4 members (excludes halogenated alkanes) is 20. The summed E-state index contributed by atoms with van der Waals surface area (Å²) in [6.07, 6.45) is 38.9. The van der Waals surface area contributed by atoms with Crippen molar-refractivity contribution in [2.24, 2.45) is 11.3 Å². The molecule has 6 nitrogen and oxygen atoms in total. The van der Waals surface area contributed by atoms with Crippen LogP contribution < -0.4 is 0 Å². The Labute approximate surface area is 323 Å². The fourth-order valence-electron chi connectivity index (χ4n) is 7.74. The highest BCUT2D eigenvalue weighted by atomic mass is 16.5. The minimum atomic E-state index is 0.00323. The molecule has 1 N–H and O–H groups in total. The second-order valence-electron chi connectivity index (χ2n) is 16.7. The third-order valence-corrected chi connectivity index (χ3v) is 11.6. The van der Waals surface area contributed by atoms with Gasteiger partial charge in [-0.05, 0) is 88.6 Å². The maximum absolute atomic E-state index is 12.5. The number of hydrogen-bond acceptors (Lipinski definition) is 6. The van der Waals surface area contributed by atoms with E-state index in [0.717, 1.165) is 51.7 Å². The van der Waals surface area contributed by atoms with Crippen LogP contribution in [0.25, 0.3) is 0 Å². The van der Waals surface area contributed by atoms with E-state index >= 15 is 0 Å². The van der Waals surface area contributed by atoms with E-state index in [-0.39, 0.29) is 24.0 Å². The van der Waals surface area contributed by atoms with E-state index in [1.165, 1.54) is 167 Å². The van der Waals surface area contributed by atoms with E-state index in [2.05, 4.69) is 25.7 Å². The van der Waals surface area contributed by atoms with E-state index in [0.29, 0.717) is 32.0 Å². The van der Waals surface area contributed by atoms with Crippen molar-refractivity contribution in [1.82, 2.24) is 4.90 Å². The summed E-state index contributed by atoms with van der Waals surface area (Å²) < 4.78 is 11.4.